The van der Waals surface area contributed by atoms with Crippen LogP contribution < -0.4 is 21.6 Å². The zero-order valence-corrected chi connectivity index (χ0v) is 23.7. The summed E-state index contributed by atoms with van der Waals surface area (Å²) in [5.74, 6) is -5.01. The van der Waals surface area contributed by atoms with Crippen molar-refractivity contribution in [2.24, 2.45) is 0 Å². The summed E-state index contributed by atoms with van der Waals surface area (Å²) in [5, 5.41) is 26.2. The first kappa shape index (κ1) is 32.8. The lowest BCUT2D eigenvalue weighted by atomic mass is 9.95. The number of nitrogens with zero attached hydrogens (tertiary/aromatic N) is 2. The average molecular weight is 582 g/mol. The number of alkyl halides is 1. The number of hydrogen-bond acceptors (Lipinski definition) is 12. The zero-order chi connectivity index (χ0) is 29.9. The molecule has 1 aliphatic heterocycles. The van der Waals surface area contributed by atoms with E-state index in [1.54, 1.807) is 27.7 Å². The van der Waals surface area contributed by atoms with E-state index in [1.807, 2.05) is 0 Å². The van der Waals surface area contributed by atoms with E-state index in [0.717, 1.165) is 13.1 Å². The summed E-state index contributed by atoms with van der Waals surface area (Å²) in [5.41, 5.74) is 2.07. The molecular formula is C22H37FN5O10P. The number of nitrogens with two attached hydrogens (primary N) is 1. The lowest BCUT2D eigenvalue weighted by Crippen LogP contribution is -2.50. The summed E-state index contributed by atoms with van der Waals surface area (Å²) < 4.78 is 51.0. The second kappa shape index (κ2) is 12.4. The fraction of sp³-hybridized carbons (Fsp3) is 0.727. The van der Waals surface area contributed by atoms with Crippen LogP contribution in [-0.2, 0) is 32.9 Å². The number of aliphatic hydroxyl groups is 2. The highest BCUT2D eigenvalue weighted by Gasteiger charge is 2.63. The number of hydrogen-bond donors (Lipinski definition) is 5. The second-order valence-corrected chi connectivity index (χ2v) is 11.8. The lowest BCUT2D eigenvalue weighted by molar-refractivity contribution is -0.203. The van der Waals surface area contributed by atoms with Crippen molar-refractivity contribution >= 4 is 25.4 Å². The van der Waals surface area contributed by atoms with Crippen LogP contribution in [0.25, 0.3) is 0 Å². The molecule has 1 saturated heterocycles. The standard InChI is InChI=1S/C22H37FN5O10P/c1-11(2)36-16(29)13(5)26-39(34,27-14(6)17(30)37-12(3)4)35-10-22(23)18(31)21(7,33)19(38-22)28-9-8-15(24)25-20(28)32/h8-9,11-14,18-19,31,33H,10H2,1-7H3,(H2,24,25,32)(H2,26,27,34)/t13-,14-,18-,19+,21+,22+/m0/s1. The van der Waals surface area contributed by atoms with Gasteiger partial charge in [0.05, 0.1) is 12.2 Å². The molecule has 1 aliphatic rings. The first-order valence-electron chi connectivity index (χ1n) is 12.1. The number of anilines is 1. The Balaban J connectivity index is 2.32. The summed E-state index contributed by atoms with van der Waals surface area (Å²) >= 11 is 0. The Bertz CT molecular complexity index is 1110. The minimum atomic E-state index is -4.51. The maximum atomic E-state index is 15.9. The van der Waals surface area contributed by atoms with Crippen LogP contribution in [0.1, 0.15) is 54.7 Å². The molecule has 2 heterocycles. The van der Waals surface area contributed by atoms with Gasteiger partial charge in [-0.15, -0.1) is 0 Å². The van der Waals surface area contributed by atoms with E-state index in [2.05, 4.69) is 15.2 Å². The van der Waals surface area contributed by atoms with Crippen molar-refractivity contribution < 1.29 is 47.5 Å². The van der Waals surface area contributed by atoms with Gasteiger partial charge >= 0.3 is 25.3 Å². The normalized spacial score (nSPS) is 27.0. The molecule has 0 spiro atoms. The smallest absolute Gasteiger partial charge is 0.351 e. The molecule has 17 heteroatoms. The topological polar surface area (TPSA) is 214 Å². The van der Waals surface area contributed by atoms with Crippen LogP contribution in [0.3, 0.4) is 0 Å². The number of halogens is 1. The molecule has 15 nitrogen and oxygen atoms in total. The molecule has 0 amide bonds. The minimum Gasteiger partial charge on any atom is -0.462 e. The first-order valence-corrected chi connectivity index (χ1v) is 13.8. The van der Waals surface area contributed by atoms with Gasteiger partial charge in [-0.2, -0.15) is 4.98 Å². The Morgan fingerprint density at radius 1 is 1.18 bits per heavy atom. The molecule has 0 aliphatic carbocycles. The second-order valence-electron chi connectivity index (χ2n) is 9.92. The van der Waals surface area contributed by atoms with Crippen LogP contribution in [0.4, 0.5) is 10.2 Å². The van der Waals surface area contributed by atoms with E-state index in [1.165, 1.54) is 19.9 Å². The van der Waals surface area contributed by atoms with Crippen LogP contribution in [-0.4, -0.2) is 80.2 Å². The van der Waals surface area contributed by atoms with E-state index in [9.17, 15) is 29.2 Å². The zero-order valence-electron chi connectivity index (χ0n) is 22.8. The van der Waals surface area contributed by atoms with Gasteiger partial charge < -0.3 is 30.2 Å². The first-order chi connectivity index (χ1) is 17.8. The highest BCUT2D eigenvalue weighted by Crippen LogP contribution is 2.48. The van der Waals surface area contributed by atoms with Crippen LogP contribution in [0.5, 0.6) is 0 Å². The predicted octanol–water partition coefficient (Wildman–Crippen LogP) is 0.116. The fourth-order valence-corrected chi connectivity index (χ4v) is 5.38. The van der Waals surface area contributed by atoms with Gasteiger partial charge in [0.2, 0.25) is 0 Å². The van der Waals surface area contributed by atoms with Crippen molar-refractivity contribution in [3.05, 3.63) is 22.7 Å². The minimum absolute atomic E-state index is 0.141. The number of ether oxygens (including phenoxy) is 3. The summed E-state index contributed by atoms with van der Waals surface area (Å²) in [6, 6.07) is -1.34. The van der Waals surface area contributed by atoms with Gasteiger partial charge in [0.1, 0.15) is 36.2 Å². The van der Waals surface area contributed by atoms with Crippen molar-refractivity contribution in [1.29, 1.82) is 0 Å². The molecule has 0 bridgehead atoms. The quantitative estimate of drug-likeness (QED) is 0.164. The molecule has 1 fully saturated rings. The average Bonchev–Trinajstić information content (AvgIpc) is 2.97. The van der Waals surface area contributed by atoms with E-state index < -0.39 is 80.0 Å². The van der Waals surface area contributed by atoms with E-state index >= 15 is 4.39 Å². The van der Waals surface area contributed by atoms with Gasteiger partial charge in [-0.3, -0.25) is 23.2 Å². The monoisotopic (exact) mass is 581 g/mol. The number of aromatic nitrogens is 2. The van der Waals surface area contributed by atoms with Gasteiger partial charge in [-0.05, 0) is 54.5 Å². The molecule has 222 valence electrons. The van der Waals surface area contributed by atoms with Gasteiger partial charge in [0, 0.05) is 6.20 Å². The number of rotatable bonds is 12. The van der Waals surface area contributed by atoms with Crippen LogP contribution >= 0.6 is 7.67 Å². The molecule has 0 aromatic carbocycles. The maximum absolute atomic E-state index is 15.9. The molecular weight excluding hydrogens is 544 g/mol. The molecule has 1 aromatic rings. The van der Waals surface area contributed by atoms with Crippen LogP contribution in [0, 0.1) is 0 Å². The van der Waals surface area contributed by atoms with Crippen molar-refractivity contribution in [2.75, 3.05) is 12.3 Å². The molecule has 1 aromatic heterocycles. The Hall–Kier alpha value is -2.46. The summed E-state index contributed by atoms with van der Waals surface area (Å²) in [6.45, 7) is 8.71. The molecule has 6 atom stereocenters. The summed E-state index contributed by atoms with van der Waals surface area (Å²) in [7, 11) is -4.51. The number of nitrogens with one attached hydrogen (secondary N) is 2. The van der Waals surface area contributed by atoms with Crippen molar-refractivity contribution in [3.8, 4) is 0 Å². The number of esters is 2. The number of nitrogen functional groups attached to an aromatic ring is 1. The van der Waals surface area contributed by atoms with E-state index in [0.29, 0.717) is 4.57 Å². The Morgan fingerprint density at radius 3 is 2.10 bits per heavy atom. The Labute approximate surface area is 224 Å². The number of carbonyl (C=O) groups excluding carboxylic acids is 2. The highest BCUT2D eigenvalue weighted by molar-refractivity contribution is 7.54. The van der Waals surface area contributed by atoms with Gasteiger partial charge in [0.25, 0.3) is 5.85 Å². The Kier molecular flexibility index (Phi) is 10.4. The van der Waals surface area contributed by atoms with Crippen LogP contribution in [0.2, 0.25) is 0 Å². The molecule has 0 radical (unpaired) electrons. The van der Waals surface area contributed by atoms with Crippen molar-refractivity contribution in [2.45, 2.75) is 96.5 Å². The number of aliphatic hydroxyl groups excluding tert-OH is 1. The SMILES string of the molecule is CC(C)OC(=O)[C@H](C)NP(=O)(N[C@@H](C)C(=O)OC(C)C)OC[C@@]1(F)O[C@@H](n2ccc(N)nc2=O)[C@](C)(O)[C@@H]1O. The van der Waals surface area contributed by atoms with Gasteiger partial charge in [0.15, 0.2) is 6.23 Å². The van der Waals surface area contributed by atoms with E-state index in [4.69, 9.17) is 24.5 Å². The molecule has 6 N–H and O–H groups in total. The third kappa shape index (κ3) is 8.03. The molecule has 39 heavy (non-hydrogen) atoms. The fourth-order valence-electron chi connectivity index (χ4n) is 3.57. The molecule has 0 saturated carbocycles. The molecule has 0 unspecified atom stereocenters. The maximum Gasteiger partial charge on any atom is 0.351 e. The third-order valence-electron chi connectivity index (χ3n) is 5.45. The lowest BCUT2D eigenvalue weighted by Gasteiger charge is -2.30. The van der Waals surface area contributed by atoms with Gasteiger partial charge in [-0.25, -0.2) is 19.4 Å². The van der Waals surface area contributed by atoms with Crippen molar-refractivity contribution in [3.63, 3.8) is 0 Å². The predicted molar refractivity (Wildman–Crippen MR) is 135 cm³/mol. The van der Waals surface area contributed by atoms with E-state index in [-0.39, 0.29) is 5.82 Å². The van der Waals surface area contributed by atoms with Crippen LogP contribution in [0.15, 0.2) is 17.1 Å². The largest absolute Gasteiger partial charge is 0.462 e. The van der Waals surface area contributed by atoms with Crippen molar-refractivity contribution in [1.82, 2.24) is 19.7 Å². The van der Waals surface area contributed by atoms with Gasteiger partial charge in [-0.1, -0.05) is 0 Å². The highest BCUT2D eigenvalue weighted by atomic mass is 31.2. The molecule has 2 rings (SSSR count). The Morgan fingerprint density at radius 2 is 1.67 bits per heavy atom. The third-order valence-corrected chi connectivity index (χ3v) is 7.40. The number of carbonyl (C=O) groups is 2. The summed E-state index contributed by atoms with van der Waals surface area (Å²) in [6.07, 6.45) is -4.03. The summed E-state index contributed by atoms with van der Waals surface area (Å²) in [4.78, 5) is 40.4.